The van der Waals surface area contributed by atoms with E-state index in [9.17, 15) is 14.4 Å². The highest BCUT2D eigenvalue weighted by atomic mass is 16.6. The van der Waals surface area contributed by atoms with Crippen LogP contribution in [0.5, 0.6) is 0 Å². The third kappa shape index (κ3) is 9.78. The third-order valence-electron chi connectivity index (χ3n) is 5.21. The zero-order valence-corrected chi connectivity index (χ0v) is 17.0. The molecule has 0 spiro atoms. The molecule has 1 unspecified atom stereocenters. The molecular weight excluding hydrogens is 346 g/mol. The molecular formula is C21H37NO5. The second kappa shape index (κ2) is 14.5. The molecule has 1 rings (SSSR count). The topological polar surface area (TPSA) is 81.7 Å². The van der Waals surface area contributed by atoms with Crippen LogP contribution in [0.15, 0.2) is 0 Å². The Morgan fingerprint density at radius 2 is 1.74 bits per heavy atom. The third-order valence-corrected chi connectivity index (χ3v) is 5.21. The minimum atomic E-state index is -0.443. The summed E-state index contributed by atoms with van der Waals surface area (Å²) in [5.74, 6) is -0.678. The van der Waals surface area contributed by atoms with Gasteiger partial charge in [-0.15, -0.1) is 0 Å². The molecule has 1 heterocycles. The SMILES string of the molecule is CCCCCCCCCCC[C@H](CC1OC(=O)[C@H]1CC)OC(=O)CNC=O. The summed E-state index contributed by atoms with van der Waals surface area (Å²) in [4.78, 5) is 33.6. The molecule has 1 saturated heterocycles. The van der Waals surface area contributed by atoms with Gasteiger partial charge in [0, 0.05) is 6.42 Å². The monoisotopic (exact) mass is 383 g/mol. The molecule has 0 aromatic heterocycles. The smallest absolute Gasteiger partial charge is 0.325 e. The zero-order chi connectivity index (χ0) is 19.9. The van der Waals surface area contributed by atoms with Crippen LogP contribution in [-0.2, 0) is 23.9 Å². The molecule has 1 amide bonds. The predicted octanol–water partition coefficient (Wildman–Crippen LogP) is 3.91. The Morgan fingerprint density at radius 3 is 2.30 bits per heavy atom. The van der Waals surface area contributed by atoms with Gasteiger partial charge in [-0.05, 0) is 19.3 Å². The molecule has 6 nitrogen and oxygen atoms in total. The Bertz CT molecular complexity index is 440. The van der Waals surface area contributed by atoms with Crippen molar-refractivity contribution in [2.75, 3.05) is 6.54 Å². The van der Waals surface area contributed by atoms with Crippen molar-refractivity contribution >= 4 is 18.3 Å². The van der Waals surface area contributed by atoms with Crippen LogP contribution >= 0.6 is 0 Å². The van der Waals surface area contributed by atoms with Gasteiger partial charge in [0.05, 0.1) is 5.92 Å². The fourth-order valence-corrected chi connectivity index (χ4v) is 3.56. The molecule has 0 aliphatic carbocycles. The molecule has 0 radical (unpaired) electrons. The van der Waals surface area contributed by atoms with Crippen molar-refractivity contribution in [3.05, 3.63) is 0 Å². The van der Waals surface area contributed by atoms with E-state index in [1.807, 2.05) is 6.92 Å². The van der Waals surface area contributed by atoms with Crippen LogP contribution in [0.2, 0.25) is 0 Å². The fraction of sp³-hybridized carbons (Fsp3) is 0.857. The molecule has 0 saturated carbocycles. The van der Waals surface area contributed by atoms with Crippen LogP contribution in [-0.4, -0.2) is 37.1 Å². The Morgan fingerprint density at radius 1 is 1.11 bits per heavy atom. The van der Waals surface area contributed by atoms with Gasteiger partial charge in [0.25, 0.3) is 0 Å². The summed E-state index contributed by atoms with van der Waals surface area (Å²) in [7, 11) is 0. The fourth-order valence-electron chi connectivity index (χ4n) is 3.56. The van der Waals surface area contributed by atoms with Crippen LogP contribution in [0.25, 0.3) is 0 Å². The average Bonchev–Trinajstić information content (AvgIpc) is 2.64. The number of nitrogens with one attached hydrogen (secondary N) is 1. The minimum Gasteiger partial charge on any atom is -0.461 e. The van der Waals surface area contributed by atoms with Crippen LogP contribution in [0, 0.1) is 5.92 Å². The molecule has 156 valence electrons. The number of unbranched alkanes of at least 4 members (excludes halogenated alkanes) is 8. The maximum absolute atomic E-state index is 11.8. The summed E-state index contributed by atoms with van der Waals surface area (Å²) in [6, 6.07) is 0. The number of hydrogen-bond acceptors (Lipinski definition) is 5. The number of hydrogen-bond donors (Lipinski definition) is 1. The molecule has 1 fully saturated rings. The summed E-state index contributed by atoms with van der Waals surface area (Å²) in [5, 5.41) is 2.33. The summed E-state index contributed by atoms with van der Waals surface area (Å²) in [5.41, 5.74) is 0. The Balaban J connectivity index is 2.28. The van der Waals surface area contributed by atoms with Gasteiger partial charge in [0.2, 0.25) is 6.41 Å². The first kappa shape index (κ1) is 23.4. The van der Waals surface area contributed by atoms with E-state index in [1.165, 1.54) is 44.9 Å². The second-order valence-electron chi connectivity index (χ2n) is 7.45. The van der Waals surface area contributed by atoms with Crippen molar-refractivity contribution in [3.63, 3.8) is 0 Å². The van der Waals surface area contributed by atoms with E-state index in [0.717, 1.165) is 25.7 Å². The highest BCUT2D eigenvalue weighted by molar-refractivity contribution is 5.78. The van der Waals surface area contributed by atoms with Gasteiger partial charge >= 0.3 is 11.9 Å². The van der Waals surface area contributed by atoms with E-state index < -0.39 is 5.97 Å². The molecule has 1 N–H and O–H groups in total. The molecule has 0 aromatic carbocycles. The lowest BCUT2D eigenvalue weighted by atomic mass is 9.89. The Hall–Kier alpha value is -1.59. The van der Waals surface area contributed by atoms with Gasteiger partial charge < -0.3 is 14.8 Å². The molecule has 6 heteroatoms. The number of cyclic esters (lactones) is 1. The average molecular weight is 384 g/mol. The maximum Gasteiger partial charge on any atom is 0.325 e. The van der Waals surface area contributed by atoms with Gasteiger partial charge in [-0.1, -0.05) is 65.2 Å². The summed E-state index contributed by atoms with van der Waals surface area (Å²) in [6.07, 6.45) is 13.3. The standard InChI is InChI=1S/C21H37NO5/c1-3-5-6-7-8-9-10-11-12-13-17(26-20(24)15-22-16-23)14-19-18(4-2)21(25)27-19/h16-19H,3-15H2,1-2H3,(H,22,23)/t17-,18+,19?/m1/s1. The first-order chi connectivity index (χ1) is 13.1. The van der Waals surface area contributed by atoms with E-state index in [1.54, 1.807) is 0 Å². The quantitative estimate of drug-likeness (QED) is 0.234. The minimum absolute atomic E-state index is 0.0811. The van der Waals surface area contributed by atoms with Gasteiger partial charge in [0.1, 0.15) is 18.8 Å². The summed E-state index contributed by atoms with van der Waals surface area (Å²) < 4.78 is 10.7. The normalized spacial score (nSPS) is 19.7. The van der Waals surface area contributed by atoms with Crippen LogP contribution in [0.1, 0.15) is 90.9 Å². The van der Waals surface area contributed by atoms with E-state index in [4.69, 9.17) is 9.47 Å². The first-order valence-corrected chi connectivity index (χ1v) is 10.7. The molecule has 1 aliphatic rings. The van der Waals surface area contributed by atoms with E-state index in [0.29, 0.717) is 12.8 Å². The van der Waals surface area contributed by atoms with E-state index in [-0.39, 0.29) is 30.6 Å². The van der Waals surface area contributed by atoms with Crippen LogP contribution in [0.4, 0.5) is 0 Å². The lowest BCUT2D eigenvalue weighted by Crippen LogP contribution is -2.47. The molecule has 0 bridgehead atoms. The van der Waals surface area contributed by atoms with Crippen LogP contribution in [0.3, 0.4) is 0 Å². The molecule has 27 heavy (non-hydrogen) atoms. The van der Waals surface area contributed by atoms with Gasteiger partial charge in [-0.3, -0.25) is 14.4 Å². The van der Waals surface area contributed by atoms with Gasteiger partial charge in [-0.2, -0.15) is 0 Å². The van der Waals surface area contributed by atoms with Gasteiger partial charge in [0.15, 0.2) is 0 Å². The molecule has 3 atom stereocenters. The number of rotatable bonds is 17. The lowest BCUT2D eigenvalue weighted by Gasteiger charge is -2.36. The summed E-state index contributed by atoms with van der Waals surface area (Å²) in [6.45, 7) is 4.07. The Labute approximate surface area is 163 Å². The van der Waals surface area contributed by atoms with Crippen LogP contribution < -0.4 is 5.32 Å². The van der Waals surface area contributed by atoms with E-state index >= 15 is 0 Å². The number of amides is 1. The first-order valence-electron chi connectivity index (χ1n) is 10.7. The van der Waals surface area contributed by atoms with Crippen molar-refractivity contribution in [1.82, 2.24) is 5.32 Å². The number of carbonyl (C=O) groups excluding carboxylic acids is 3. The second-order valence-corrected chi connectivity index (χ2v) is 7.45. The molecule has 0 aromatic rings. The van der Waals surface area contributed by atoms with Crippen molar-refractivity contribution in [1.29, 1.82) is 0 Å². The zero-order valence-electron chi connectivity index (χ0n) is 17.0. The van der Waals surface area contributed by atoms with Crippen molar-refractivity contribution in [2.45, 2.75) is 103 Å². The maximum atomic E-state index is 11.8. The van der Waals surface area contributed by atoms with E-state index in [2.05, 4.69) is 12.2 Å². The highest BCUT2D eigenvalue weighted by Gasteiger charge is 2.42. The molecule has 1 aliphatic heterocycles. The summed E-state index contributed by atoms with van der Waals surface area (Å²) >= 11 is 0. The van der Waals surface area contributed by atoms with Gasteiger partial charge in [-0.25, -0.2) is 0 Å². The number of esters is 2. The Kier molecular flexibility index (Phi) is 12.6. The number of ether oxygens (including phenoxy) is 2. The predicted molar refractivity (Wildman–Crippen MR) is 104 cm³/mol. The van der Waals surface area contributed by atoms with Crippen molar-refractivity contribution in [2.24, 2.45) is 5.92 Å². The highest BCUT2D eigenvalue weighted by Crippen LogP contribution is 2.30. The van der Waals surface area contributed by atoms with Crippen molar-refractivity contribution < 1.29 is 23.9 Å². The lowest BCUT2D eigenvalue weighted by molar-refractivity contribution is -0.189. The largest absolute Gasteiger partial charge is 0.461 e. The van der Waals surface area contributed by atoms with Crippen molar-refractivity contribution in [3.8, 4) is 0 Å². The number of carbonyl (C=O) groups is 3.